The van der Waals surface area contributed by atoms with Crippen molar-refractivity contribution in [2.45, 2.75) is 6.54 Å². The van der Waals surface area contributed by atoms with Crippen molar-refractivity contribution < 1.29 is 4.79 Å². The Balaban J connectivity index is 1.98. The number of carbonyl (C=O) groups excluding carboxylic acids is 1. The molecule has 6 heteroatoms. The lowest BCUT2D eigenvalue weighted by Crippen LogP contribution is -2.23. The van der Waals surface area contributed by atoms with Crippen LogP contribution in [-0.2, 0) is 6.54 Å². The van der Waals surface area contributed by atoms with E-state index < -0.39 is 0 Å². The van der Waals surface area contributed by atoms with Gasteiger partial charge in [-0.3, -0.25) is 4.79 Å². The van der Waals surface area contributed by atoms with E-state index in [0.717, 1.165) is 0 Å². The van der Waals surface area contributed by atoms with Gasteiger partial charge < -0.3 is 5.32 Å². The van der Waals surface area contributed by atoms with Crippen LogP contribution in [0.4, 0.5) is 0 Å². The Labute approximate surface area is 106 Å². The molecule has 0 atom stereocenters. The number of hydrogen-bond donors (Lipinski definition) is 1. The van der Waals surface area contributed by atoms with Gasteiger partial charge in [-0.05, 0) is 40.2 Å². The van der Waals surface area contributed by atoms with Crippen molar-refractivity contribution in [3.8, 4) is 0 Å². The molecular weight excluding hydrogens is 284 g/mol. The molecule has 2 heterocycles. The number of amides is 1. The molecule has 0 saturated heterocycles. The maximum absolute atomic E-state index is 11.8. The van der Waals surface area contributed by atoms with Crippen molar-refractivity contribution in [3.63, 3.8) is 0 Å². The van der Waals surface area contributed by atoms with Crippen LogP contribution >= 0.6 is 15.9 Å². The number of aromatic nitrogens is 3. The molecule has 0 bridgehead atoms. The lowest BCUT2D eigenvalue weighted by Gasteiger charge is -2.04. The minimum absolute atomic E-state index is 0.168. The third-order valence-corrected chi connectivity index (χ3v) is 2.48. The van der Waals surface area contributed by atoms with E-state index in [1.54, 1.807) is 36.7 Å². The lowest BCUT2D eigenvalue weighted by atomic mass is 10.2. The van der Waals surface area contributed by atoms with Gasteiger partial charge >= 0.3 is 0 Å². The number of hydrogen-bond acceptors (Lipinski definition) is 4. The summed E-state index contributed by atoms with van der Waals surface area (Å²) < 4.78 is 0.629. The van der Waals surface area contributed by atoms with Crippen LogP contribution in [0.3, 0.4) is 0 Å². The molecule has 0 unspecified atom stereocenters. The molecule has 0 saturated carbocycles. The number of pyridine rings is 1. The van der Waals surface area contributed by atoms with E-state index in [0.29, 0.717) is 22.4 Å². The molecule has 1 N–H and O–H groups in total. The van der Waals surface area contributed by atoms with Gasteiger partial charge in [0.05, 0.1) is 12.2 Å². The van der Waals surface area contributed by atoms with E-state index in [1.807, 2.05) is 0 Å². The van der Waals surface area contributed by atoms with Gasteiger partial charge in [-0.1, -0.05) is 0 Å². The highest BCUT2D eigenvalue weighted by Crippen LogP contribution is 2.07. The summed E-state index contributed by atoms with van der Waals surface area (Å²) in [6.07, 6.45) is 3.16. The summed E-state index contributed by atoms with van der Waals surface area (Å²) >= 11 is 3.21. The molecule has 5 nitrogen and oxygen atoms in total. The second kappa shape index (κ2) is 5.49. The van der Waals surface area contributed by atoms with Crippen LogP contribution < -0.4 is 5.32 Å². The fraction of sp³-hybridized carbons (Fsp3) is 0.0909. The molecule has 2 rings (SSSR count). The second-order valence-electron chi connectivity index (χ2n) is 3.26. The van der Waals surface area contributed by atoms with E-state index in [-0.39, 0.29) is 5.91 Å². The summed E-state index contributed by atoms with van der Waals surface area (Å²) in [6, 6.07) is 6.88. The Bertz CT molecular complexity index is 518. The van der Waals surface area contributed by atoms with Crippen molar-refractivity contribution in [3.05, 3.63) is 52.5 Å². The fourth-order valence-electron chi connectivity index (χ4n) is 1.24. The number of carbonyl (C=O) groups is 1. The van der Waals surface area contributed by atoms with Crippen molar-refractivity contribution in [1.29, 1.82) is 0 Å². The number of rotatable bonds is 3. The third-order valence-electron chi connectivity index (χ3n) is 2.05. The summed E-state index contributed by atoms with van der Waals surface area (Å²) in [7, 11) is 0. The first-order valence-corrected chi connectivity index (χ1v) is 5.71. The normalized spacial score (nSPS) is 9.94. The van der Waals surface area contributed by atoms with Crippen LogP contribution in [0.25, 0.3) is 0 Å². The molecule has 0 aromatic carbocycles. The van der Waals surface area contributed by atoms with Crippen LogP contribution in [-0.4, -0.2) is 21.1 Å². The molecule has 17 heavy (non-hydrogen) atoms. The van der Waals surface area contributed by atoms with Crippen LogP contribution in [0.5, 0.6) is 0 Å². The first-order chi connectivity index (χ1) is 8.25. The highest BCUT2D eigenvalue weighted by molar-refractivity contribution is 9.10. The van der Waals surface area contributed by atoms with Crippen LogP contribution in [0.2, 0.25) is 0 Å². The van der Waals surface area contributed by atoms with Gasteiger partial charge in [0.25, 0.3) is 5.91 Å². The second-order valence-corrected chi connectivity index (χ2v) is 4.08. The van der Waals surface area contributed by atoms with Gasteiger partial charge in [-0.15, -0.1) is 0 Å². The Morgan fingerprint density at radius 1 is 1.35 bits per heavy atom. The first kappa shape index (κ1) is 11.7. The molecule has 0 aliphatic carbocycles. The van der Waals surface area contributed by atoms with E-state index in [1.165, 1.54) is 0 Å². The average Bonchev–Trinajstić information content (AvgIpc) is 2.37. The van der Waals surface area contributed by atoms with Gasteiger partial charge in [-0.25, -0.2) is 4.98 Å². The average molecular weight is 293 g/mol. The van der Waals surface area contributed by atoms with Gasteiger partial charge in [-0.2, -0.15) is 10.2 Å². The molecule has 2 aromatic heterocycles. The maximum Gasteiger partial charge on any atom is 0.251 e. The van der Waals surface area contributed by atoms with E-state index in [4.69, 9.17) is 0 Å². The molecular formula is C11H9BrN4O. The summed E-state index contributed by atoms with van der Waals surface area (Å²) in [5.41, 5.74) is 1.27. The highest BCUT2D eigenvalue weighted by Gasteiger charge is 2.06. The highest BCUT2D eigenvalue weighted by atomic mass is 79.9. The molecule has 1 amide bonds. The summed E-state index contributed by atoms with van der Waals surface area (Å²) in [5.74, 6) is -0.168. The maximum atomic E-state index is 11.8. The molecule has 0 radical (unpaired) electrons. The Hall–Kier alpha value is -1.82. The third kappa shape index (κ3) is 3.32. The predicted octanol–water partition coefficient (Wildman–Crippen LogP) is 1.56. The van der Waals surface area contributed by atoms with Crippen molar-refractivity contribution in [1.82, 2.24) is 20.5 Å². The number of nitrogens with zero attached hydrogens (tertiary/aromatic N) is 3. The monoisotopic (exact) mass is 292 g/mol. The quantitative estimate of drug-likeness (QED) is 0.872. The Morgan fingerprint density at radius 3 is 2.94 bits per heavy atom. The molecule has 86 valence electrons. The van der Waals surface area contributed by atoms with E-state index >= 15 is 0 Å². The first-order valence-electron chi connectivity index (χ1n) is 4.92. The van der Waals surface area contributed by atoms with Gasteiger partial charge in [0.15, 0.2) is 0 Å². The predicted molar refractivity (Wildman–Crippen MR) is 65.1 cm³/mol. The zero-order valence-corrected chi connectivity index (χ0v) is 10.4. The van der Waals surface area contributed by atoms with E-state index in [9.17, 15) is 4.79 Å². The van der Waals surface area contributed by atoms with Gasteiger partial charge in [0.2, 0.25) is 0 Å². The Kier molecular flexibility index (Phi) is 3.77. The van der Waals surface area contributed by atoms with Gasteiger partial charge in [0.1, 0.15) is 4.60 Å². The fourth-order valence-corrected chi connectivity index (χ4v) is 1.61. The minimum Gasteiger partial charge on any atom is -0.346 e. The largest absolute Gasteiger partial charge is 0.346 e. The minimum atomic E-state index is -0.168. The SMILES string of the molecule is O=C(NCc1cccnn1)c1ccnc(Br)c1. The van der Waals surface area contributed by atoms with Crippen molar-refractivity contribution in [2.75, 3.05) is 0 Å². The smallest absolute Gasteiger partial charge is 0.251 e. The summed E-state index contributed by atoms with van der Waals surface area (Å²) in [5, 5.41) is 10.4. The molecule has 0 aliphatic heterocycles. The Morgan fingerprint density at radius 2 is 2.24 bits per heavy atom. The van der Waals surface area contributed by atoms with E-state index in [2.05, 4.69) is 36.4 Å². The van der Waals surface area contributed by atoms with Crippen LogP contribution in [0, 0.1) is 0 Å². The molecule has 0 fully saturated rings. The summed E-state index contributed by atoms with van der Waals surface area (Å²) in [4.78, 5) is 15.7. The molecule has 0 aliphatic rings. The van der Waals surface area contributed by atoms with Crippen molar-refractivity contribution >= 4 is 21.8 Å². The standard InChI is InChI=1S/C11H9BrN4O/c12-10-6-8(3-5-13-10)11(17)14-7-9-2-1-4-15-16-9/h1-6H,7H2,(H,14,17). The topological polar surface area (TPSA) is 67.8 Å². The molecule has 2 aromatic rings. The van der Waals surface area contributed by atoms with Gasteiger partial charge in [0, 0.05) is 18.0 Å². The van der Waals surface area contributed by atoms with Crippen LogP contribution in [0.1, 0.15) is 16.1 Å². The number of nitrogens with one attached hydrogen (secondary N) is 1. The lowest BCUT2D eigenvalue weighted by molar-refractivity contribution is 0.0950. The van der Waals surface area contributed by atoms with Crippen molar-refractivity contribution in [2.24, 2.45) is 0 Å². The molecule has 0 spiro atoms. The zero-order chi connectivity index (χ0) is 12.1. The zero-order valence-electron chi connectivity index (χ0n) is 8.80. The summed E-state index contributed by atoms with van der Waals surface area (Å²) in [6.45, 7) is 0.354. The van der Waals surface area contributed by atoms with Crippen LogP contribution in [0.15, 0.2) is 41.3 Å². The number of halogens is 1.